The van der Waals surface area contributed by atoms with Crippen LogP contribution in [-0.2, 0) is 5.41 Å². The molecule has 0 saturated carbocycles. The maximum atomic E-state index is 4.25. The van der Waals surface area contributed by atoms with Crippen LogP contribution in [0.25, 0.3) is 11.3 Å². The Kier molecular flexibility index (Phi) is 6.12. The molecule has 1 N–H and O–H groups in total. The first-order valence-corrected chi connectivity index (χ1v) is 11.1. The molecule has 3 heterocycles. The Balaban J connectivity index is 1.38. The highest BCUT2D eigenvalue weighted by atomic mass is 15.3. The monoisotopic (exact) mass is 381 g/mol. The van der Waals surface area contributed by atoms with Crippen LogP contribution < -0.4 is 0 Å². The van der Waals surface area contributed by atoms with E-state index in [9.17, 15) is 0 Å². The third kappa shape index (κ3) is 4.31. The molecule has 0 spiro atoms. The van der Waals surface area contributed by atoms with E-state index in [-0.39, 0.29) is 5.41 Å². The van der Waals surface area contributed by atoms with Gasteiger partial charge in [-0.25, -0.2) is 0 Å². The van der Waals surface area contributed by atoms with Crippen LogP contribution in [0.3, 0.4) is 0 Å². The summed E-state index contributed by atoms with van der Waals surface area (Å²) in [5.74, 6) is 0.637. The number of benzene rings is 1. The maximum Gasteiger partial charge on any atom is 0.112 e. The summed E-state index contributed by atoms with van der Waals surface area (Å²) in [7, 11) is 0. The van der Waals surface area contributed by atoms with Crippen molar-refractivity contribution in [2.45, 2.75) is 51.4 Å². The van der Waals surface area contributed by atoms with E-state index >= 15 is 0 Å². The second kappa shape index (κ2) is 8.75. The molecule has 2 fully saturated rings. The number of aromatic amines is 1. The number of hydrogen-bond acceptors (Lipinski definition) is 4. The Morgan fingerprint density at radius 2 is 1.86 bits per heavy atom. The molecule has 0 aliphatic carbocycles. The zero-order valence-electron chi connectivity index (χ0n) is 17.5. The number of likely N-dealkylation sites (tertiary alicyclic amines) is 2. The van der Waals surface area contributed by atoms with Crippen LogP contribution in [0.15, 0.2) is 30.5 Å². The number of H-pyrrole nitrogens is 1. The van der Waals surface area contributed by atoms with Gasteiger partial charge in [0.05, 0.1) is 6.20 Å². The topological polar surface area (TPSA) is 48.0 Å². The Morgan fingerprint density at radius 1 is 1.07 bits per heavy atom. The van der Waals surface area contributed by atoms with Crippen molar-refractivity contribution < 1.29 is 0 Å². The molecule has 0 bridgehead atoms. The summed E-state index contributed by atoms with van der Waals surface area (Å²) < 4.78 is 0. The van der Waals surface area contributed by atoms with E-state index in [1.807, 2.05) is 0 Å². The van der Waals surface area contributed by atoms with Crippen LogP contribution in [0, 0.1) is 5.92 Å². The van der Waals surface area contributed by atoms with Gasteiger partial charge >= 0.3 is 0 Å². The van der Waals surface area contributed by atoms with E-state index in [4.69, 9.17) is 0 Å². The fraction of sp³-hybridized carbons (Fsp3) is 0.652. The molecule has 152 valence electrons. The lowest BCUT2D eigenvalue weighted by Crippen LogP contribution is -2.49. The van der Waals surface area contributed by atoms with Crippen LogP contribution in [0.5, 0.6) is 0 Å². The molecule has 0 amide bonds. The van der Waals surface area contributed by atoms with Crippen LogP contribution >= 0.6 is 0 Å². The van der Waals surface area contributed by atoms with Gasteiger partial charge in [0.2, 0.25) is 0 Å². The summed E-state index contributed by atoms with van der Waals surface area (Å²) in [6, 6.07) is 8.92. The minimum atomic E-state index is 0.221. The summed E-state index contributed by atoms with van der Waals surface area (Å²) in [4.78, 5) is 5.38. The summed E-state index contributed by atoms with van der Waals surface area (Å²) in [6.45, 7) is 12.3. The van der Waals surface area contributed by atoms with Crippen molar-refractivity contribution in [2.24, 2.45) is 5.92 Å². The van der Waals surface area contributed by atoms with Crippen LogP contribution in [0.4, 0.5) is 0 Å². The largest absolute Gasteiger partial charge is 0.302 e. The molecule has 2 aliphatic rings. The third-order valence-corrected chi connectivity index (χ3v) is 7.23. The van der Waals surface area contributed by atoms with E-state index in [1.54, 1.807) is 6.20 Å². The Bertz CT molecular complexity index is 735. The average molecular weight is 382 g/mol. The molecular weight excluding hydrogens is 346 g/mol. The summed E-state index contributed by atoms with van der Waals surface area (Å²) in [6.07, 6.45) is 8.63. The number of hydrogen-bond donors (Lipinski definition) is 1. The highest BCUT2D eigenvalue weighted by Gasteiger charge is 2.38. The zero-order valence-corrected chi connectivity index (χ0v) is 17.5. The Labute approximate surface area is 169 Å². The molecule has 2 aromatic rings. The predicted octanol–water partition coefficient (Wildman–Crippen LogP) is 3.95. The maximum absolute atomic E-state index is 4.25. The molecule has 2 aliphatic heterocycles. The Morgan fingerprint density at radius 3 is 2.57 bits per heavy atom. The van der Waals surface area contributed by atoms with Crippen molar-refractivity contribution in [3.63, 3.8) is 0 Å². The van der Waals surface area contributed by atoms with Gasteiger partial charge in [0.15, 0.2) is 0 Å². The molecule has 5 heteroatoms. The van der Waals surface area contributed by atoms with E-state index in [0.717, 1.165) is 11.3 Å². The fourth-order valence-electron chi connectivity index (χ4n) is 4.97. The molecule has 4 rings (SSSR count). The van der Waals surface area contributed by atoms with Gasteiger partial charge in [0.1, 0.15) is 5.69 Å². The van der Waals surface area contributed by atoms with Crippen molar-refractivity contribution in [3.05, 3.63) is 36.0 Å². The smallest absolute Gasteiger partial charge is 0.112 e. The second-order valence-electron chi connectivity index (χ2n) is 9.06. The molecule has 1 aromatic heterocycles. The van der Waals surface area contributed by atoms with Crippen molar-refractivity contribution in [2.75, 3.05) is 39.3 Å². The van der Waals surface area contributed by atoms with Crippen LogP contribution in [0.2, 0.25) is 0 Å². The quantitative estimate of drug-likeness (QED) is 0.852. The molecule has 2 atom stereocenters. The summed E-state index contributed by atoms with van der Waals surface area (Å²) in [5.41, 5.74) is 3.74. The highest BCUT2D eigenvalue weighted by molar-refractivity contribution is 5.59. The van der Waals surface area contributed by atoms with Gasteiger partial charge in [-0.1, -0.05) is 44.9 Å². The third-order valence-electron chi connectivity index (χ3n) is 7.23. The van der Waals surface area contributed by atoms with E-state index < -0.39 is 0 Å². The molecule has 2 unspecified atom stereocenters. The van der Waals surface area contributed by atoms with Gasteiger partial charge in [0, 0.05) is 25.2 Å². The van der Waals surface area contributed by atoms with Gasteiger partial charge in [-0.15, -0.1) is 0 Å². The first-order valence-electron chi connectivity index (χ1n) is 11.1. The first kappa shape index (κ1) is 19.6. The minimum absolute atomic E-state index is 0.221. The van der Waals surface area contributed by atoms with Crippen LogP contribution in [-0.4, -0.2) is 64.5 Å². The van der Waals surface area contributed by atoms with Crippen molar-refractivity contribution >= 4 is 0 Å². The number of piperidine rings is 1. The second-order valence-corrected chi connectivity index (χ2v) is 9.06. The minimum Gasteiger partial charge on any atom is -0.302 e. The first-order chi connectivity index (χ1) is 13.6. The Hall–Kier alpha value is -1.72. The molecule has 1 aromatic carbocycles. The molecule has 5 nitrogen and oxygen atoms in total. The van der Waals surface area contributed by atoms with Gasteiger partial charge in [-0.2, -0.15) is 15.4 Å². The lowest BCUT2D eigenvalue weighted by molar-refractivity contribution is 0.0992. The van der Waals surface area contributed by atoms with Gasteiger partial charge < -0.3 is 9.80 Å². The van der Waals surface area contributed by atoms with Crippen LogP contribution in [0.1, 0.15) is 51.5 Å². The fourth-order valence-corrected chi connectivity index (χ4v) is 4.97. The average Bonchev–Trinajstić information content (AvgIpc) is 3.13. The van der Waals surface area contributed by atoms with E-state index in [2.05, 4.69) is 63.3 Å². The molecular formula is C23H35N5. The molecule has 28 heavy (non-hydrogen) atoms. The van der Waals surface area contributed by atoms with Crippen molar-refractivity contribution in [3.8, 4) is 11.3 Å². The zero-order chi connectivity index (χ0) is 19.4. The lowest BCUT2D eigenvalue weighted by atomic mass is 9.68. The standard InChI is InChI=1S/C23H35N5/c1-19-18-28(15-14-27-11-5-3-4-6-12-27)13-10-23(19,2)21-9-7-8-20(16-21)22-17-24-26-25-22/h7-9,16-17,19H,3-6,10-15,18H2,1-2H3,(H,24,25,26). The van der Waals surface area contributed by atoms with Gasteiger partial charge in [-0.05, 0) is 61.9 Å². The summed E-state index contributed by atoms with van der Waals surface area (Å²) in [5, 5.41) is 10.9. The summed E-state index contributed by atoms with van der Waals surface area (Å²) >= 11 is 0. The van der Waals surface area contributed by atoms with Crippen molar-refractivity contribution in [1.29, 1.82) is 0 Å². The number of rotatable bonds is 5. The normalized spacial score (nSPS) is 27.6. The SMILES string of the molecule is CC1CN(CCN2CCCCCC2)CCC1(C)c1cccc(-c2cn[nH]n2)c1. The number of aromatic nitrogens is 3. The predicted molar refractivity (Wildman–Crippen MR) is 114 cm³/mol. The molecule has 2 saturated heterocycles. The van der Waals surface area contributed by atoms with E-state index in [1.165, 1.54) is 76.9 Å². The van der Waals surface area contributed by atoms with Gasteiger partial charge in [-0.3, -0.25) is 0 Å². The highest BCUT2D eigenvalue weighted by Crippen LogP contribution is 2.40. The lowest BCUT2D eigenvalue weighted by Gasteiger charge is -2.45. The van der Waals surface area contributed by atoms with Gasteiger partial charge in [0.25, 0.3) is 0 Å². The molecule has 0 radical (unpaired) electrons. The number of nitrogens with one attached hydrogen (secondary N) is 1. The number of nitrogens with zero attached hydrogens (tertiary/aromatic N) is 4. The van der Waals surface area contributed by atoms with Crippen molar-refractivity contribution in [1.82, 2.24) is 25.2 Å². The van der Waals surface area contributed by atoms with E-state index in [0.29, 0.717) is 5.92 Å².